The summed E-state index contributed by atoms with van der Waals surface area (Å²) in [5, 5.41) is 11.4. The van der Waals surface area contributed by atoms with Crippen molar-refractivity contribution in [3.8, 4) is 0 Å². The van der Waals surface area contributed by atoms with Gasteiger partial charge in [0.25, 0.3) is 0 Å². The highest BCUT2D eigenvalue weighted by Gasteiger charge is 2.39. The van der Waals surface area contributed by atoms with E-state index < -0.39 is 17.8 Å². The third-order valence-electron chi connectivity index (χ3n) is 4.63. The zero-order chi connectivity index (χ0) is 15.0. The van der Waals surface area contributed by atoms with Gasteiger partial charge in [-0.3, -0.25) is 9.59 Å². The predicted octanol–water partition coefficient (Wildman–Crippen LogP) is 2.86. The monoisotopic (exact) mass is 305 g/mol. The summed E-state index contributed by atoms with van der Waals surface area (Å²) in [6.45, 7) is 2.73. The molecule has 1 aromatic heterocycles. The van der Waals surface area contributed by atoms with Gasteiger partial charge in [-0.1, -0.05) is 12.2 Å². The lowest BCUT2D eigenvalue weighted by Crippen LogP contribution is -2.45. The minimum Gasteiger partial charge on any atom is -0.481 e. The Balaban J connectivity index is 1.82. The van der Waals surface area contributed by atoms with E-state index in [2.05, 4.69) is 11.4 Å². The second-order valence-corrected chi connectivity index (χ2v) is 6.75. The van der Waals surface area contributed by atoms with E-state index in [9.17, 15) is 14.7 Å². The summed E-state index contributed by atoms with van der Waals surface area (Å²) in [7, 11) is 0. The molecule has 0 radical (unpaired) electrons. The maximum absolute atomic E-state index is 12.8. The molecule has 0 fully saturated rings. The Morgan fingerprint density at radius 3 is 2.71 bits per heavy atom. The van der Waals surface area contributed by atoms with Crippen molar-refractivity contribution in [2.45, 2.75) is 32.2 Å². The molecular weight excluding hydrogens is 286 g/mol. The van der Waals surface area contributed by atoms with Crippen LogP contribution in [0.5, 0.6) is 0 Å². The SMILES string of the molecule is CC1c2ccsc2CCN1C(=O)C1CC=CCC1C(=O)O. The number of fused-ring (bicyclic) bond motifs is 1. The molecule has 3 rings (SSSR count). The molecular formula is C16H19NO3S. The molecule has 0 bridgehead atoms. The Hall–Kier alpha value is -1.62. The van der Waals surface area contributed by atoms with Crippen molar-refractivity contribution in [1.82, 2.24) is 4.90 Å². The van der Waals surface area contributed by atoms with Crippen LogP contribution in [0, 0.1) is 11.8 Å². The molecule has 4 nitrogen and oxygen atoms in total. The number of amides is 1. The number of allylic oxidation sites excluding steroid dienone is 2. The Morgan fingerprint density at radius 1 is 1.29 bits per heavy atom. The average molecular weight is 305 g/mol. The zero-order valence-electron chi connectivity index (χ0n) is 12.0. The van der Waals surface area contributed by atoms with E-state index in [1.54, 1.807) is 11.3 Å². The van der Waals surface area contributed by atoms with Gasteiger partial charge in [-0.25, -0.2) is 0 Å². The zero-order valence-corrected chi connectivity index (χ0v) is 12.8. The third kappa shape index (κ3) is 2.50. The van der Waals surface area contributed by atoms with Crippen molar-refractivity contribution in [2.24, 2.45) is 11.8 Å². The Morgan fingerprint density at radius 2 is 2.00 bits per heavy atom. The molecule has 1 aromatic rings. The fourth-order valence-electron chi connectivity index (χ4n) is 3.38. The van der Waals surface area contributed by atoms with Crippen LogP contribution in [-0.2, 0) is 16.0 Å². The quantitative estimate of drug-likeness (QED) is 0.855. The molecule has 0 aromatic carbocycles. The first kappa shape index (κ1) is 14.3. The number of carboxylic acid groups (broad SMARTS) is 1. The van der Waals surface area contributed by atoms with Crippen LogP contribution in [0.1, 0.15) is 36.2 Å². The fourth-order valence-corrected chi connectivity index (χ4v) is 4.35. The number of carbonyl (C=O) groups excluding carboxylic acids is 1. The van der Waals surface area contributed by atoms with Crippen molar-refractivity contribution >= 4 is 23.2 Å². The van der Waals surface area contributed by atoms with Gasteiger partial charge in [0.15, 0.2) is 0 Å². The van der Waals surface area contributed by atoms with E-state index in [0.717, 1.165) is 6.42 Å². The van der Waals surface area contributed by atoms with Crippen LogP contribution in [0.4, 0.5) is 0 Å². The molecule has 2 heterocycles. The molecule has 1 N–H and O–H groups in total. The molecule has 0 saturated heterocycles. The number of nitrogens with zero attached hydrogens (tertiary/aromatic N) is 1. The largest absolute Gasteiger partial charge is 0.481 e. The van der Waals surface area contributed by atoms with Gasteiger partial charge in [-0.05, 0) is 43.2 Å². The number of carbonyl (C=O) groups is 2. The molecule has 112 valence electrons. The number of hydrogen-bond donors (Lipinski definition) is 1. The van der Waals surface area contributed by atoms with E-state index in [-0.39, 0.29) is 11.9 Å². The van der Waals surface area contributed by atoms with Crippen molar-refractivity contribution in [3.63, 3.8) is 0 Å². The Labute approximate surface area is 128 Å². The van der Waals surface area contributed by atoms with Crippen LogP contribution >= 0.6 is 11.3 Å². The molecule has 2 aliphatic rings. The predicted molar refractivity (Wildman–Crippen MR) is 81.1 cm³/mol. The third-order valence-corrected chi connectivity index (χ3v) is 5.62. The summed E-state index contributed by atoms with van der Waals surface area (Å²) < 4.78 is 0. The lowest BCUT2D eigenvalue weighted by atomic mass is 9.81. The Kier molecular flexibility index (Phi) is 3.85. The molecule has 3 atom stereocenters. The van der Waals surface area contributed by atoms with Gasteiger partial charge in [-0.15, -0.1) is 11.3 Å². The van der Waals surface area contributed by atoms with Gasteiger partial charge in [-0.2, -0.15) is 0 Å². The van der Waals surface area contributed by atoms with Gasteiger partial charge in [0.2, 0.25) is 5.91 Å². The highest BCUT2D eigenvalue weighted by atomic mass is 32.1. The second kappa shape index (κ2) is 5.64. The van der Waals surface area contributed by atoms with E-state index in [1.165, 1.54) is 10.4 Å². The van der Waals surface area contributed by atoms with Crippen LogP contribution in [0.15, 0.2) is 23.6 Å². The minimum absolute atomic E-state index is 0.00361. The number of carboxylic acids is 1. The summed E-state index contributed by atoms with van der Waals surface area (Å²) in [5.41, 5.74) is 1.22. The van der Waals surface area contributed by atoms with E-state index >= 15 is 0 Å². The van der Waals surface area contributed by atoms with Crippen molar-refractivity contribution in [2.75, 3.05) is 6.54 Å². The molecule has 1 aliphatic carbocycles. The summed E-state index contributed by atoms with van der Waals surface area (Å²) in [6, 6.07) is 2.13. The highest BCUT2D eigenvalue weighted by molar-refractivity contribution is 7.10. The molecule has 0 saturated carbocycles. The lowest BCUT2D eigenvalue weighted by molar-refractivity contribution is -0.151. The first-order valence-corrected chi connectivity index (χ1v) is 8.22. The van der Waals surface area contributed by atoms with Crippen LogP contribution in [0.3, 0.4) is 0 Å². The van der Waals surface area contributed by atoms with Crippen LogP contribution in [0.25, 0.3) is 0 Å². The van der Waals surface area contributed by atoms with Crippen molar-refractivity contribution in [3.05, 3.63) is 34.0 Å². The molecule has 1 amide bonds. The molecule has 1 aliphatic heterocycles. The molecule has 0 spiro atoms. The number of aliphatic carboxylic acids is 1. The standard InChI is InChI=1S/C16H19NO3S/c1-10-11-7-9-21-14(11)6-8-17(10)15(18)12-4-2-3-5-13(12)16(19)20/h2-3,7,9-10,12-13H,4-6,8H2,1H3,(H,19,20). The normalized spacial score (nSPS) is 28.2. The molecule has 3 unspecified atom stereocenters. The summed E-state index contributed by atoms with van der Waals surface area (Å²) in [5.74, 6) is -1.87. The lowest BCUT2D eigenvalue weighted by Gasteiger charge is -2.37. The van der Waals surface area contributed by atoms with Crippen molar-refractivity contribution in [1.29, 1.82) is 0 Å². The Bertz CT molecular complexity index is 592. The van der Waals surface area contributed by atoms with E-state index in [4.69, 9.17) is 0 Å². The van der Waals surface area contributed by atoms with Crippen LogP contribution in [0.2, 0.25) is 0 Å². The number of rotatable bonds is 2. The maximum atomic E-state index is 12.8. The first-order chi connectivity index (χ1) is 10.1. The van der Waals surface area contributed by atoms with Gasteiger partial charge in [0.05, 0.1) is 17.9 Å². The maximum Gasteiger partial charge on any atom is 0.307 e. The topological polar surface area (TPSA) is 57.6 Å². The van der Waals surface area contributed by atoms with E-state index in [0.29, 0.717) is 19.4 Å². The van der Waals surface area contributed by atoms with Gasteiger partial charge in [0.1, 0.15) is 0 Å². The van der Waals surface area contributed by atoms with Gasteiger partial charge < -0.3 is 10.0 Å². The van der Waals surface area contributed by atoms with Crippen molar-refractivity contribution < 1.29 is 14.7 Å². The fraction of sp³-hybridized carbons (Fsp3) is 0.500. The van der Waals surface area contributed by atoms with Crippen LogP contribution < -0.4 is 0 Å². The second-order valence-electron chi connectivity index (χ2n) is 5.75. The number of hydrogen-bond acceptors (Lipinski definition) is 3. The van der Waals surface area contributed by atoms with Gasteiger partial charge >= 0.3 is 5.97 Å². The van der Waals surface area contributed by atoms with Crippen LogP contribution in [-0.4, -0.2) is 28.4 Å². The highest BCUT2D eigenvalue weighted by Crippen LogP contribution is 2.36. The first-order valence-electron chi connectivity index (χ1n) is 7.34. The average Bonchev–Trinajstić information content (AvgIpc) is 2.96. The van der Waals surface area contributed by atoms with E-state index in [1.807, 2.05) is 24.0 Å². The smallest absolute Gasteiger partial charge is 0.307 e. The summed E-state index contributed by atoms with van der Waals surface area (Å²) in [4.78, 5) is 27.5. The molecule has 21 heavy (non-hydrogen) atoms. The summed E-state index contributed by atoms with van der Waals surface area (Å²) in [6.07, 6.45) is 5.68. The molecule has 5 heteroatoms. The van der Waals surface area contributed by atoms with Gasteiger partial charge in [0, 0.05) is 11.4 Å². The summed E-state index contributed by atoms with van der Waals surface area (Å²) >= 11 is 1.74. The number of thiophene rings is 1. The minimum atomic E-state index is -0.862.